The number of hydrogen-bond donors (Lipinski definition) is 0. The monoisotopic (exact) mass is 257 g/mol. The average molecular weight is 257 g/mol. The second-order valence-electron chi connectivity index (χ2n) is 4.67. The standard InChI is InChI=1S/C15H17N2O2/c1-18-14-6-4-5-12(9-14)13-10-16-17(11-13)15-7-2-3-8-19-15/h4,6,9-11,15H,2-3,7-8H2,1H3. The summed E-state index contributed by atoms with van der Waals surface area (Å²) in [5.74, 6) is 0.829. The highest BCUT2D eigenvalue weighted by atomic mass is 16.5. The fourth-order valence-electron chi connectivity index (χ4n) is 2.31. The maximum atomic E-state index is 5.72. The maximum absolute atomic E-state index is 5.72. The van der Waals surface area contributed by atoms with Gasteiger partial charge in [0.1, 0.15) is 12.0 Å². The van der Waals surface area contributed by atoms with Crippen LogP contribution in [0.3, 0.4) is 0 Å². The van der Waals surface area contributed by atoms with Crippen molar-refractivity contribution in [2.75, 3.05) is 13.7 Å². The van der Waals surface area contributed by atoms with Gasteiger partial charge in [-0.25, -0.2) is 4.68 Å². The van der Waals surface area contributed by atoms with E-state index in [1.807, 2.05) is 35.3 Å². The molecule has 0 bridgehead atoms. The van der Waals surface area contributed by atoms with Gasteiger partial charge in [-0.15, -0.1) is 0 Å². The number of rotatable bonds is 3. The van der Waals surface area contributed by atoms with Crippen molar-refractivity contribution in [1.82, 2.24) is 9.78 Å². The van der Waals surface area contributed by atoms with Crippen LogP contribution in [0.5, 0.6) is 5.75 Å². The zero-order chi connectivity index (χ0) is 13.1. The SMILES string of the molecule is COc1cc[c]c(-c2cnn(C3CCCCO3)c2)c1. The van der Waals surface area contributed by atoms with Crippen LogP contribution in [0.4, 0.5) is 0 Å². The molecule has 1 radical (unpaired) electrons. The first-order valence-corrected chi connectivity index (χ1v) is 6.58. The predicted molar refractivity (Wildman–Crippen MR) is 71.9 cm³/mol. The van der Waals surface area contributed by atoms with E-state index >= 15 is 0 Å². The van der Waals surface area contributed by atoms with Crippen LogP contribution < -0.4 is 4.74 Å². The molecule has 3 rings (SSSR count). The highest BCUT2D eigenvalue weighted by molar-refractivity contribution is 5.62. The van der Waals surface area contributed by atoms with Crippen LogP contribution in [0, 0.1) is 6.07 Å². The molecule has 4 heteroatoms. The summed E-state index contributed by atoms with van der Waals surface area (Å²) in [6.07, 6.45) is 7.32. The van der Waals surface area contributed by atoms with Gasteiger partial charge in [0.05, 0.1) is 13.3 Å². The maximum Gasteiger partial charge on any atom is 0.150 e. The van der Waals surface area contributed by atoms with Gasteiger partial charge in [0.15, 0.2) is 0 Å². The summed E-state index contributed by atoms with van der Waals surface area (Å²) in [7, 11) is 1.67. The van der Waals surface area contributed by atoms with E-state index in [2.05, 4.69) is 11.2 Å². The molecule has 1 atom stereocenters. The third-order valence-electron chi connectivity index (χ3n) is 3.37. The zero-order valence-corrected chi connectivity index (χ0v) is 11.0. The quantitative estimate of drug-likeness (QED) is 0.848. The Labute approximate surface area is 113 Å². The molecule has 0 amide bonds. The third kappa shape index (κ3) is 2.63. The number of aromatic nitrogens is 2. The normalized spacial score (nSPS) is 19.3. The fourth-order valence-corrected chi connectivity index (χ4v) is 2.31. The Morgan fingerprint density at radius 3 is 3.21 bits per heavy atom. The van der Waals surface area contributed by atoms with Crippen molar-refractivity contribution in [3.05, 3.63) is 36.7 Å². The van der Waals surface area contributed by atoms with Crippen molar-refractivity contribution in [3.8, 4) is 16.9 Å². The zero-order valence-electron chi connectivity index (χ0n) is 11.0. The van der Waals surface area contributed by atoms with Crippen molar-refractivity contribution in [2.45, 2.75) is 25.5 Å². The molecule has 1 unspecified atom stereocenters. The molecule has 0 aliphatic carbocycles. The van der Waals surface area contributed by atoms with Crippen LogP contribution in [-0.2, 0) is 4.74 Å². The Kier molecular flexibility index (Phi) is 3.51. The molecule has 2 heterocycles. The van der Waals surface area contributed by atoms with Crippen molar-refractivity contribution < 1.29 is 9.47 Å². The smallest absolute Gasteiger partial charge is 0.150 e. The van der Waals surface area contributed by atoms with Gasteiger partial charge in [-0.05, 0) is 43.0 Å². The Morgan fingerprint density at radius 2 is 2.42 bits per heavy atom. The minimum Gasteiger partial charge on any atom is -0.497 e. The van der Waals surface area contributed by atoms with E-state index in [0.29, 0.717) is 0 Å². The highest BCUT2D eigenvalue weighted by Crippen LogP contribution is 2.26. The van der Waals surface area contributed by atoms with Crippen LogP contribution in [-0.4, -0.2) is 23.5 Å². The Bertz CT molecular complexity index is 545. The Morgan fingerprint density at radius 1 is 1.47 bits per heavy atom. The number of ether oxygens (including phenoxy) is 2. The number of methoxy groups -OCH3 is 1. The van der Waals surface area contributed by atoms with Crippen molar-refractivity contribution in [1.29, 1.82) is 0 Å². The van der Waals surface area contributed by atoms with Gasteiger partial charge in [-0.3, -0.25) is 0 Å². The molecular weight excluding hydrogens is 240 g/mol. The van der Waals surface area contributed by atoms with Gasteiger partial charge in [-0.2, -0.15) is 5.10 Å². The van der Waals surface area contributed by atoms with Crippen molar-refractivity contribution >= 4 is 0 Å². The minimum atomic E-state index is 0.0770. The second-order valence-corrected chi connectivity index (χ2v) is 4.67. The minimum absolute atomic E-state index is 0.0770. The molecule has 1 aromatic heterocycles. The largest absolute Gasteiger partial charge is 0.497 e. The lowest BCUT2D eigenvalue weighted by Gasteiger charge is -2.22. The Balaban J connectivity index is 1.83. The molecule has 2 aromatic rings. The first kappa shape index (κ1) is 12.2. The number of nitrogens with zero attached hydrogens (tertiary/aromatic N) is 2. The first-order valence-electron chi connectivity index (χ1n) is 6.58. The number of hydrogen-bond acceptors (Lipinski definition) is 3. The molecule has 0 spiro atoms. The van der Waals surface area contributed by atoms with Crippen molar-refractivity contribution in [3.63, 3.8) is 0 Å². The van der Waals surface area contributed by atoms with E-state index in [1.165, 1.54) is 6.42 Å². The summed E-state index contributed by atoms with van der Waals surface area (Å²) in [4.78, 5) is 0. The van der Waals surface area contributed by atoms with Crippen LogP contribution in [0.15, 0.2) is 30.6 Å². The van der Waals surface area contributed by atoms with Gasteiger partial charge in [-0.1, -0.05) is 6.07 Å². The van der Waals surface area contributed by atoms with E-state index in [9.17, 15) is 0 Å². The lowest BCUT2D eigenvalue weighted by molar-refractivity contribution is -0.0394. The van der Waals surface area contributed by atoms with Gasteiger partial charge < -0.3 is 9.47 Å². The topological polar surface area (TPSA) is 36.3 Å². The molecule has 19 heavy (non-hydrogen) atoms. The Hall–Kier alpha value is -1.81. The molecule has 1 aliphatic rings. The van der Waals surface area contributed by atoms with E-state index in [-0.39, 0.29) is 6.23 Å². The molecule has 1 fully saturated rings. The molecule has 1 aliphatic heterocycles. The number of benzene rings is 1. The summed E-state index contributed by atoms with van der Waals surface area (Å²) in [6.45, 7) is 0.825. The van der Waals surface area contributed by atoms with Gasteiger partial charge in [0.25, 0.3) is 0 Å². The van der Waals surface area contributed by atoms with Gasteiger partial charge in [0, 0.05) is 18.4 Å². The van der Waals surface area contributed by atoms with Gasteiger partial charge in [0.2, 0.25) is 0 Å². The molecule has 0 saturated carbocycles. The summed E-state index contributed by atoms with van der Waals surface area (Å²) in [5, 5.41) is 4.40. The summed E-state index contributed by atoms with van der Waals surface area (Å²) in [5.41, 5.74) is 2.02. The lowest BCUT2D eigenvalue weighted by Crippen LogP contribution is -2.18. The van der Waals surface area contributed by atoms with Gasteiger partial charge >= 0.3 is 0 Å². The van der Waals surface area contributed by atoms with Crippen LogP contribution >= 0.6 is 0 Å². The van der Waals surface area contributed by atoms with E-state index < -0.39 is 0 Å². The van der Waals surface area contributed by atoms with Crippen LogP contribution in [0.2, 0.25) is 0 Å². The van der Waals surface area contributed by atoms with Crippen molar-refractivity contribution in [2.24, 2.45) is 0 Å². The van der Waals surface area contributed by atoms with Crippen LogP contribution in [0.25, 0.3) is 11.1 Å². The summed E-state index contributed by atoms with van der Waals surface area (Å²) in [6, 6.07) is 8.91. The summed E-state index contributed by atoms with van der Waals surface area (Å²) >= 11 is 0. The predicted octanol–water partition coefficient (Wildman–Crippen LogP) is 3.06. The molecule has 1 aromatic carbocycles. The van der Waals surface area contributed by atoms with E-state index in [1.54, 1.807) is 7.11 Å². The first-order chi connectivity index (χ1) is 9.36. The third-order valence-corrected chi connectivity index (χ3v) is 3.37. The molecule has 99 valence electrons. The van der Waals surface area contributed by atoms with E-state index in [0.717, 1.165) is 36.3 Å². The lowest BCUT2D eigenvalue weighted by atomic mass is 10.1. The fraction of sp³-hybridized carbons (Fsp3) is 0.400. The molecule has 0 N–H and O–H groups in total. The summed E-state index contributed by atoms with van der Waals surface area (Å²) < 4.78 is 12.9. The molecular formula is C15H17N2O2. The van der Waals surface area contributed by atoms with Crippen LogP contribution in [0.1, 0.15) is 25.5 Å². The highest BCUT2D eigenvalue weighted by Gasteiger charge is 2.16. The molecule has 4 nitrogen and oxygen atoms in total. The second kappa shape index (κ2) is 5.45. The van der Waals surface area contributed by atoms with E-state index in [4.69, 9.17) is 9.47 Å². The average Bonchev–Trinajstić information content (AvgIpc) is 2.98. The molecule has 1 saturated heterocycles.